The van der Waals surface area contributed by atoms with Gasteiger partial charge in [0.15, 0.2) is 0 Å². The quantitative estimate of drug-likeness (QED) is 0.833. The van der Waals surface area contributed by atoms with Gasteiger partial charge >= 0.3 is 0 Å². The van der Waals surface area contributed by atoms with E-state index in [0.29, 0.717) is 11.1 Å². The van der Waals surface area contributed by atoms with Crippen molar-refractivity contribution in [1.29, 1.82) is 0 Å². The molecule has 0 heterocycles. The number of hydrogen-bond donors (Lipinski definition) is 1. The summed E-state index contributed by atoms with van der Waals surface area (Å²) in [5.41, 5.74) is 0.827. The van der Waals surface area contributed by atoms with Gasteiger partial charge in [-0.3, -0.25) is 0 Å². The van der Waals surface area contributed by atoms with Crippen molar-refractivity contribution < 1.29 is 14.2 Å². The average molecular weight is 250 g/mol. The van der Waals surface area contributed by atoms with Crippen molar-refractivity contribution in [3.05, 3.63) is 35.1 Å². The highest BCUT2D eigenvalue weighted by Crippen LogP contribution is 2.18. The summed E-state index contributed by atoms with van der Waals surface area (Å²) in [5, 5.41) is 8.57. The first kappa shape index (κ1) is 14.7. The van der Waals surface area contributed by atoms with E-state index in [2.05, 4.69) is 11.8 Å². The van der Waals surface area contributed by atoms with Crippen molar-refractivity contribution in [2.45, 2.75) is 39.4 Å². The molecule has 1 rings (SSSR count). The highest BCUT2D eigenvalue weighted by Gasteiger charge is 2.16. The van der Waals surface area contributed by atoms with Crippen molar-refractivity contribution >= 4 is 0 Å². The van der Waals surface area contributed by atoms with Gasteiger partial charge in [0.25, 0.3) is 0 Å². The second-order valence-corrected chi connectivity index (χ2v) is 4.67. The smallest absolute Gasteiger partial charge is 0.129 e. The third kappa shape index (κ3) is 4.48. The standard InChI is InChI=1S/C15H19FO2/c1-4-15(2,3)18-11-13-8-7-12(6-5-9-17)10-14(13)16/h7-8,10,17H,4,9,11H2,1-3H3. The van der Waals surface area contributed by atoms with Gasteiger partial charge in [0.1, 0.15) is 12.4 Å². The molecule has 2 nitrogen and oxygen atoms in total. The minimum atomic E-state index is -0.327. The fourth-order valence-electron chi connectivity index (χ4n) is 1.26. The van der Waals surface area contributed by atoms with E-state index in [4.69, 9.17) is 9.84 Å². The topological polar surface area (TPSA) is 29.5 Å². The second-order valence-electron chi connectivity index (χ2n) is 4.67. The summed E-state index contributed by atoms with van der Waals surface area (Å²) in [7, 11) is 0. The van der Waals surface area contributed by atoms with E-state index >= 15 is 0 Å². The lowest BCUT2D eigenvalue weighted by Gasteiger charge is -2.23. The van der Waals surface area contributed by atoms with Gasteiger partial charge in [-0.2, -0.15) is 0 Å². The van der Waals surface area contributed by atoms with Gasteiger partial charge < -0.3 is 9.84 Å². The lowest BCUT2D eigenvalue weighted by atomic mass is 10.1. The molecule has 1 aromatic rings. The fourth-order valence-corrected chi connectivity index (χ4v) is 1.26. The van der Waals surface area contributed by atoms with E-state index in [1.165, 1.54) is 6.07 Å². The molecule has 0 radical (unpaired) electrons. The van der Waals surface area contributed by atoms with Crippen LogP contribution in [0.25, 0.3) is 0 Å². The number of aliphatic hydroxyl groups is 1. The Kier molecular flexibility index (Phi) is 5.33. The Bertz CT molecular complexity index is 455. The Morgan fingerprint density at radius 1 is 1.39 bits per heavy atom. The highest BCUT2D eigenvalue weighted by molar-refractivity contribution is 5.36. The zero-order chi connectivity index (χ0) is 13.6. The van der Waals surface area contributed by atoms with E-state index in [9.17, 15) is 4.39 Å². The summed E-state index contributed by atoms with van der Waals surface area (Å²) in [5.74, 6) is 4.82. The monoisotopic (exact) mass is 250 g/mol. The van der Waals surface area contributed by atoms with Crippen molar-refractivity contribution in [2.24, 2.45) is 0 Å². The lowest BCUT2D eigenvalue weighted by molar-refractivity contribution is -0.0326. The summed E-state index contributed by atoms with van der Waals surface area (Å²) in [4.78, 5) is 0. The molecule has 0 aromatic heterocycles. The first-order valence-electron chi connectivity index (χ1n) is 6.00. The molecule has 98 valence electrons. The van der Waals surface area contributed by atoms with Crippen LogP contribution in [0.3, 0.4) is 0 Å². The number of rotatable bonds is 4. The van der Waals surface area contributed by atoms with Crippen LogP contribution < -0.4 is 0 Å². The maximum absolute atomic E-state index is 13.7. The van der Waals surface area contributed by atoms with E-state index < -0.39 is 0 Å². The molecule has 3 heteroatoms. The van der Waals surface area contributed by atoms with Crippen molar-refractivity contribution in [3.63, 3.8) is 0 Å². The SMILES string of the molecule is CCC(C)(C)OCc1ccc(C#CCO)cc1F. The van der Waals surface area contributed by atoms with Crippen LogP contribution in [0.5, 0.6) is 0 Å². The molecule has 18 heavy (non-hydrogen) atoms. The van der Waals surface area contributed by atoms with E-state index in [1.807, 2.05) is 20.8 Å². The van der Waals surface area contributed by atoms with Crippen molar-refractivity contribution in [3.8, 4) is 11.8 Å². The molecule has 0 saturated carbocycles. The van der Waals surface area contributed by atoms with Gasteiger partial charge in [-0.1, -0.05) is 24.8 Å². The molecule has 0 bridgehead atoms. The maximum atomic E-state index is 13.7. The highest BCUT2D eigenvalue weighted by atomic mass is 19.1. The number of ether oxygens (including phenoxy) is 1. The van der Waals surface area contributed by atoms with Crippen LogP contribution in [-0.4, -0.2) is 17.3 Å². The normalized spacial score (nSPS) is 10.9. The van der Waals surface area contributed by atoms with Crippen molar-refractivity contribution in [2.75, 3.05) is 6.61 Å². The number of benzene rings is 1. The molecule has 0 saturated heterocycles. The van der Waals surface area contributed by atoms with Crippen molar-refractivity contribution in [1.82, 2.24) is 0 Å². The molecule has 1 N–H and O–H groups in total. The minimum absolute atomic E-state index is 0.225. The van der Waals surface area contributed by atoms with E-state index in [1.54, 1.807) is 12.1 Å². The number of hydrogen-bond acceptors (Lipinski definition) is 2. The van der Waals surface area contributed by atoms with Gasteiger partial charge in [0.2, 0.25) is 0 Å². The van der Waals surface area contributed by atoms with Crippen LogP contribution in [-0.2, 0) is 11.3 Å². The van der Waals surface area contributed by atoms with Gasteiger partial charge in [-0.25, -0.2) is 4.39 Å². The average Bonchev–Trinajstić information content (AvgIpc) is 2.35. The molecule has 0 aliphatic carbocycles. The second kappa shape index (κ2) is 6.53. The molecule has 0 aliphatic heterocycles. The predicted octanol–water partition coefficient (Wildman–Crippen LogP) is 2.87. The van der Waals surface area contributed by atoms with Crippen LogP contribution >= 0.6 is 0 Å². The predicted molar refractivity (Wildman–Crippen MR) is 69.5 cm³/mol. The van der Waals surface area contributed by atoms with Gasteiger partial charge in [-0.05, 0) is 32.4 Å². The third-order valence-corrected chi connectivity index (χ3v) is 2.83. The van der Waals surface area contributed by atoms with E-state index in [-0.39, 0.29) is 24.6 Å². The maximum Gasteiger partial charge on any atom is 0.129 e. The zero-order valence-corrected chi connectivity index (χ0v) is 11.1. The minimum Gasteiger partial charge on any atom is -0.384 e. The first-order chi connectivity index (χ1) is 8.48. The Morgan fingerprint density at radius 2 is 2.11 bits per heavy atom. The van der Waals surface area contributed by atoms with Gasteiger partial charge in [0, 0.05) is 11.1 Å². The van der Waals surface area contributed by atoms with E-state index in [0.717, 1.165) is 6.42 Å². The third-order valence-electron chi connectivity index (χ3n) is 2.83. The molecular weight excluding hydrogens is 231 g/mol. The Labute approximate surface area is 108 Å². The summed E-state index contributed by atoms with van der Waals surface area (Å²) < 4.78 is 19.4. The summed E-state index contributed by atoms with van der Waals surface area (Å²) in [6, 6.07) is 4.76. The van der Waals surface area contributed by atoms with Gasteiger partial charge in [-0.15, -0.1) is 0 Å². The first-order valence-corrected chi connectivity index (χ1v) is 6.00. The number of aliphatic hydroxyl groups excluding tert-OH is 1. The lowest BCUT2D eigenvalue weighted by Crippen LogP contribution is -2.22. The van der Waals surface area contributed by atoms with Crippen LogP contribution in [0.2, 0.25) is 0 Å². The summed E-state index contributed by atoms with van der Waals surface area (Å²) in [6.45, 7) is 6.01. The summed E-state index contributed by atoms with van der Waals surface area (Å²) >= 11 is 0. The van der Waals surface area contributed by atoms with Gasteiger partial charge in [0.05, 0.1) is 12.2 Å². The zero-order valence-electron chi connectivity index (χ0n) is 11.1. The Morgan fingerprint density at radius 3 is 2.67 bits per heavy atom. The molecule has 0 atom stereocenters. The molecule has 0 unspecified atom stereocenters. The molecular formula is C15H19FO2. The van der Waals surface area contributed by atoms with Crippen LogP contribution in [0.4, 0.5) is 4.39 Å². The molecule has 0 fully saturated rings. The molecule has 1 aromatic carbocycles. The fraction of sp³-hybridized carbons (Fsp3) is 0.467. The molecule has 0 amide bonds. The molecule has 0 spiro atoms. The van der Waals surface area contributed by atoms with Crippen LogP contribution in [0.15, 0.2) is 18.2 Å². The Hall–Kier alpha value is -1.37. The summed E-state index contributed by atoms with van der Waals surface area (Å²) in [6.07, 6.45) is 0.870. The Balaban J connectivity index is 2.74. The van der Waals surface area contributed by atoms with Crippen LogP contribution in [0, 0.1) is 17.7 Å². The molecule has 0 aliphatic rings. The largest absolute Gasteiger partial charge is 0.384 e. The number of halogens is 1. The van der Waals surface area contributed by atoms with Crippen LogP contribution in [0.1, 0.15) is 38.3 Å².